The molecule has 0 N–H and O–H groups in total. The third kappa shape index (κ3) is 5.29. The van der Waals surface area contributed by atoms with Gasteiger partial charge in [-0.1, -0.05) is 19.1 Å². The lowest BCUT2D eigenvalue weighted by molar-refractivity contribution is -0.0498. The zero-order valence-electron chi connectivity index (χ0n) is 17.9. The Morgan fingerprint density at radius 2 is 1.93 bits per heavy atom. The Morgan fingerprint density at radius 3 is 2.53 bits per heavy atom. The lowest BCUT2D eigenvalue weighted by Crippen LogP contribution is -2.44. The van der Waals surface area contributed by atoms with E-state index in [0.29, 0.717) is 25.9 Å². The minimum absolute atomic E-state index is 0.132. The van der Waals surface area contributed by atoms with Gasteiger partial charge >= 0.3 is 12.7 Å². The number of amides is 1. The van der Waals surface area contributed by atoms with Crippen molar-refractivity contribution in [1.29, 1.82) is 0 Å². The van der Waals surface area contributed by atoms with Crippen LogP contribution in [0.3, 0.4) is 0 Å². The first-order chi connectivity index (χ1) is 14.2. The molecule has 0 saturated heterocycles. The number of aryl methyl sites for hydroxylation is 2. The number of hydrogen-bond donors (Lipinski definition) is 0. The molecule has 1 aromatic carbocycles. The fourth-order valence-corrected chi connectivity index (χ4v) is 3.74. The Bertz CT molecular complexity index is 860. The summed E-state index contributed by atoms with van der Waals surface area (Å²) in [6.45, 7) is 6.03. The largest absolute Gasteiger partial charge is 0.444 e. The summed E-state index contributed by atoms with van der Waals surface area (Å²) in [5, 5.41) is 0. The van der Waals surface area contributed by atoms with Crippen LogP contribution in [0.4, 0.5) is 13.6 Å². The maximum Gasteiger partial charge on any atom is 0.410 e. The SMILES string of the molecule is CCc1ncc2n1CCN(C(=O)OC(C)(C)C)C2CCc1ccc(OC(F)F)cc1. The van der Waals surface area contributed by atoms with Crippen LogP contribution >= 0.6 is 0 Å². The summed E-state index contributed by atoms with van der Waals surface area (Å²) in [5.74, 6) is 1.14. The monoisotopic (exact) mass is 421 g/mol. The first kappa shape index (κ1) is 22.1. The van der Waals surface area contributed by atoms with Crippen LogP contribution in [0.25, 0.3) is 0 Å². The van der Waals surface area contributed by atoms with E-state index in [1.54, 1.807) is 17.0 Å². The lowest BCUT2D eigenvalue weighted by Gasteiger charge is -2.38. The molecule has 3 rings (SSSR count). The number of aromatic nitrogens is 2. The fraction of sp³-hybridized carbons (Fsp3) is 0.545. The number of nitrogens with zero attached hydrogens (tertiary/aromatic N) is 3. The molecule has 6 nitrogen and oxygen atoms in total. The number of carbonyl (C=O) groups is 1. The van der Waals surface area contributed by atoms with E-state index in [2.05, 4.69) is 21.2 Å². The lowest BCUT2D eigenvalue weighted by atomic mass is 10.0. The van der Waals surface area contributed by atoms with Crippen molar-refractivity contribution < 1.29 is 23.0 Å². The second-order valence-corrected chi connectivity index (χ2v) is 8.36. The van der Waals surface area contributed by atoms with Gasteiger partial charge in [0.15, 0.2) is 0 Å². The van der Waals surface area contributed by atoms with Gasteiger partial charge in [0.2, 0.25) is 0 Å². The van der Waals surface area contributed by atoms with E-state index in [0.717, 1.165) is 23.5 Å². The molecule has 0 spiro atoms. The first-order valence-electron chi connectivity index (χ1n) is 10.3. The number of fused-ring (bicyclic) bond motifs is 1. The van der Waals surface area contributed by atoms with Gasteiger partial charge in [-0.3, -0.25) is 4.90 Å². The quantitative estimate of drug-likeness (QED) is 0.661. The fourth-order valence-electron chi connectivity index (χ4n) is 3.74. The van der Waals surface area contributed by atoms with Crippen LogP contribution in [-0.4, -0.2) is 39.3 Å². The Morgan fingerprint density at radius 1 is 1.23 bits per heavy atom. The minimum Gasteiger partial charge on any atom is -0.444 e. The molecule has 8 heteroatoms. The van der Waals surface area contributed by atoms with Gasteiger partial charge in [0.05, 0.1) is 17.9 Å². The van der Waals surface area contributed by atoms with Gasteiger partial charge in [-0.25, -0.2) is 9.78 Å². The number of halogens is 2. The molecule has 1 aliphatic rings. The number of ether oxygens (including phenoxy) is 2. The second kappa shape index (κ2) is 9.02. The molecule has 0 aliphatic carbocycles. The van der Waals surface area contributed by atoms with Crippen molar-refractivity contribution in [2.24, 2.45) is 0 Å². The van der Waals surface area contributed by atoms with E-state index < -0.39 is 12.2 Å². The number of carbonyl (C=O) groups excluding carboxylic acids is 1. The van der Waals surface area contributed by atoms with Crippen LogP contribution in [0, 0.1) is 0 Å². The van der Waals surface area contributed by atoms with Crippen molar-refractivity contribution in [1.82, 2.24) is 14.5 Å². The predicted molar refractivity (Wildman–Crippen MR) is 109 cm³/mol. The van der Waals surface area contributed by atoms with Gasteiger partial charge in [-0.05, 0) is 51.3 Å². The Hall–Kier alpha value is -2.64. The number of imidazole rings is 1. The van der Waals surface area contributed by atoms with E-state index in [9.17, 15) is 13.6 Å². The van der Waals surface area contributed by atoms with E-state index >= 15 is 0 Å². The summed E-state index contributed by atoms with van der Waals surface area (Å²) in [6, 6.07) is 6.44. The van der Waals surface area contributed by atoms with Crippen LogP contribution in [-0.2, 0) is 24.1 Å². The highest BCUT2D eigenvalue weighted by atomic mass is 19.3. The van der Waals surface area contributed by atoms with Crippen molar-refractivity contribution in [2.45, 2.75) is 71.8 Å². The molecule has 0 radical (unpaired) electrons. The van der Waals surface area contributed by atoms with Crippen LogP contribution in [0.1, 0.15) is 57.2 Å². The van der Waals surface area contributed by atoms with E-state index in [1.807, 2.05) is 27.0 Å². The third-order valence-electron chi connectivity index (χ3n) is 5.05. The highest BCUT2D eigenvalue weighted by molar-refractivity contribution is 5.69. The highest BCUT2D eigenvalue weighted by Crippen LogP contribution is 2.32. The normalized spacial score (nSPS) is 16.5. The molecule has 0 saturated carbocycles. The molecule has 164 valence electrons. The van der Waals surface area contributed by atoms with Crippen molar-refractivity contribution in [3.05, 3.63) is 47.5 Å². The van der Waals surface area contributed by atoms with Gasteiger partial charge in [0.1, 0.15) is 17.2 Å². The van der Waals surface area contributed by atoms with Crippen molar-refractivity contribution in [2.75, 3.05) is 6.54 Å². The molecule has 2 aromatic rings. The number of benzene rings is 1. The van der Waals surface area contributed by atoms with Gasteiger partial charge in [-0.15, -0.1) is 0 Å². The summed E-state index contributed by atoms with van der Waals surface area (Å²) in [5.41, 5.74) is 1.41. The van der Waals surface area contributed by atoms with Crippen LogP contribution in [0.2, 0.25) is 0 Å². The molecular weight excluding hydrogens is 392 g/mol. The van der Waals surface area contributed by atoms with Crippen molar-refractivity contribution in [3.63, 3.8) is 0 Å². The topological polar surface area (TPSA) is 56.6 Å². The standard InChI is InChI=1S/C22H29F2N3O3/c1-5-19-25-14-18-17(11-8-15-6-9-16(10-7-15)29-20(23)24)27(13-12-26(18)19)21(28)30-22(2,3)4/h6-7,9-10,14,17,20H,5,8,11-13H2,1-4H3. The van der Waals surface area contributed by atoms with Crippen molar-refractivity contribution >= 4 is 6.09 Å². The maximum atomic E-state index is 12.9. The zero-order chi connectivity index (χ0) is 21.9. The average molecular weight is 421 g/mol. The molecule has 0 bridgehead atoms. The molecule has 0 fully saturated rings. The van der Waals surface area contributed by atoms with Crippen LogP contribution in [0.15, 0.2) is 30.5 Å². The molecule has 2 heterocycles. The summed E-state index contributed by atoms with van der Waals surface area (Å²) < 4.78 is 36.9. The van der Waals surface area contributed by atoms with Gasteiger partial charge < -0.3 is 14.0 Å². The predicted octanol–water partition coefficient (Wildman–Crippen LogP) is 4.97. The summed E-state index contributed by atoms with van der Waals surface area (Å²) in [4.78, 5) is 19.2. The first-order valence-corrected chi connectivity index (χ1v) is 10.3. The zero-order valence-corrected chi connectivity index (χ0v) is 17.9. The smallest absolute Gasteiger partial charge is 0.410 e. The van der Waals surface area contributed by atoms with Gasteiger partial charge in [0, 0.05) is 19.5 Å². The number of hydrogen-bond acceptors (Lipinski definition) is 4. The minimum atomic E-state index is -2.84. The van der Waals surface area contributed by atoms with E-state index in [1.165, 1.54) is 12.1 Å². The number of rotatable bonds is 6. The molecule has 1 amide bonds. The summed E-state index contributed by atoms with van der Waals surface area (Å²) in [6.07, 6.45) is 3.68. The third-order valence-corrected chi connectivity index (χ3v) is 5.05. The molecular formula is C22H29F2N3O3. The average Bonchev–Trinajstić information content (AvgIpc) is 3.08. The Kier molecular flexibility index (Phi) is 6.63. The van der Waals surface area contributed by atoms with Gasteiger partial charge in [0.25, 0.3) is 0 Å². The summed E-state index contributed by atoms with van der Waals surface area (Å²) in [7, 11) is 0. The van der Waals surface area contributed by atoms with E-state index in [-0.39, 0.29) is 17.9 Å². The molecule has 30 heavy (non-hydrogen) atoms. The molecule has 1 atom stereocenters. The summed E-state index contributed by atoms with van der Waals surface area (Å²) >= 11 is 0. The maximum absolute atomic E-state index is 12.9. The molecule has 1 aliphatic heterocycles. The molecule has 1 unspecified atom stereocenters. The molecule has 1 aromatic heterocycles. The Labute approximate surface area is 175 Å². The second-order valence-electron chi connectivity index (χ2n) is 8.36. The van der Waals surface area contributed by atoms with E-state index in [4.69, 9.17) is 4.74 Å². The number of alkyl halides is 2. The van der Waals surface area contributed by atoms with Crippen LogP contribution < -0.4 is 4.74 Å². The van der Waals surface area contributed by atoms with Crippen molar-refractivity contribution in [3.8, 4) is 5.75 Å². The van der Waals surface area contributed by atoms with Crippen LogP contribution in [0.5, 0.6) is 5.75 Å². The van der Waals surface area contributed by atoms with Gasteiger partial charge in [-0.2, -0.15) is 8.78 Å². The Balaban J connectivity index is 1.78. The highest BCUT2D eigenvalue weighted by Gasteiger charge is 2.34.